The van der Waals surface area contributed by atoms with Crippen LogP contribution in [0.1, 0.15) is 33.2 Å². The first-order valence-electron chi connectivity index (χ1n) is 7.15. The Hall–Kier alpha value is -2.87. The Morgan fingerprint density at radius 2 is 1.64 bits per heavy atom. The summed E-state index contributed by atoms with van der Waals surface area (Å²) in [4.78, 5) is 23.1. The molecule has 2 aromatic rings. The predicted octanol–water partition coefficient (Wildman–Crippen LogP) is 2.75. The lowest BCUT2D eigenvalue weighted by molar-refractivity contribution is -0.140. The zero-order valence-electron chi connectivity index (χ0n) is 12.7. The van der Waals surface area contributed by atoms with Crippen molar-refractivity contribution in [3.8, 4) is 0 Å². The maximum Gasteiger partial charge on any atom is 0.416 e. The SMILES string of the molecule is O=C(O)c1ccccc1CNC(=O)C(O)c1ccccc1C(F)(F)F. The van der Waals surface area contributed by atoms with Crippen LogP contribution >= 0.6 is 0 Å². The van der Waals surface area contributed by atoms with Crippen molar-refractivity contribution in [2.45, 2.75) is 18.8 Å². The number of benzene rings is 2. The lowest BCUT2D eigenvalue weighted by atomic mass is 10.0. The molecule has 0 fully saturated rings. The fourth-order valence-electron chi connectivity index (χ4n) is 2.30. The largest absolute Gasteiger partial charge is 0.478 e. The topological polar surface area (TPSA) is 86.6 Å². The second-order valence-corrected chi connectivity index (χ2v) is 5.17. The molecule has 2 rings (SSSR count). The lowest BCUT2D eigenvalue weighted by Gasteiger charge is -2.17. The summed E-state index contributed by atoms with van der Waals surface area (Å²) in [6.07, 6.45) is -6.75. The van der Waals surface area contributed by atoms with Crippen LogP contribution in [-0.2, 0) is 17.5 Å². The molecule has 1 unspecified atom stereocenters. The van der Waals surface area contributed by atoms with Crippen molar-refractivity contribution in [3.05, 3.63) is 70.8 Å². The first-order chi connectivity index (χ1) is 11.7. The van der Waals surface area contributed by atoms with Crippen LogP contribution in [0.25, 0.3) is 0 Å². The van der Waals surface area contributed by atoms with E-state index in [1.807, 2.05) is 0 Å². The number of carboxylic acid groups (broad SMARTS) is 1. The summed E-state index contributed by atoms with van der Waals surface area (Å²) in [6, 6.07) is 10.1. The Kier molecular flexibility index (Phi) is 5.43. The number of nitrogens with one attached hydrogen (secondary N) is 1. The molecule has 132 valence electrons. The predicted molar refractivity (Wildman–Crippen MR) is 81.7 cm³/mol. The number of carbonyl (C=O) groups is 2. The summed E-state index contributed by atoms with van der Waals surface area (Å²) in [7, 11) is 0. The van der Waals surface area contributed by atoms with Gasteiger partial charge in [0.1, 0.15) is 0 Å². The van der Waals surface area contributed by atoms with Gasteiger partial charge in [0, 0.05) is 12.1 Å². The number of carbonyl (C=O) groups excluding carboxylic acids is 1. The zero-order valence-corrected chi connectivity index (χ0v) is 12.7. The fraction of sp³-hybridized carbons (Fsp3) is 0.176. The van der Waals surface area contributed by atoms with Crippen LogP contribution in [0.4, 0.5) is 13.2 Å². The number of aliphatic hydroxyl groups is 1. The van der Waals surface area contributed by atoms with Gasteiger partial charge < -0.3 is 15.5 Å². The van der Waals surface area contributed by atoms with Gasteiger partial charge in [-0.3, -0.25) is 4.79 Å². The Morgan fingerprint density at radius 3 is 2.28 bits per heavy atom. The van der Waals surface area contributed by atoms with Crippen LogP contribution < -0.4 is 5.32 Å². The van der Waals surface area contributed by atoms with Gasteiger partial charge in [0.15, 0.2) is 6.10 Å². The third kappa shape index (κ3) is 4.36. The number of aliphatic hydroxyl groups excluding tert-OH is 1. The molecule has 0 bridgehead atoms. The summed E-state index contributed by atoms with van der Waals surface area (Å²) in [5, 5.41) is 21.3. The smallest absolute Gasteiger partial charge is 0.416 e. The highest BCUT2D eigenvalue weighted by molar-refractivity contribution is 5.89. The van der Waals surface area contributed by atoms with E-state index in [0.717, 1.165) is 18.2 Å². The van der Waals surface area contributed by atoms with Gasteiger partial charge in [-0.05, 0) is 17.7 Å². The molecule has 1 amide bonds. The van der Waals surface area contributed by atoms with Crippen LogP contribution in [0.15, 0.2) is 48.5 Å². The van der Waals surface area contributed by atoms with E-state index in [0.29, 0.717) is 0 Å². The molecular weight excluding hydrogens is 339 g/mol. The molecule has 0 radical (unpaired) electrons. The monoisotopic (exact) mass is 353 g/mol. The number of rotatable bonds is 5. The van der Waals surface area contributed by atoms with E-state index in [1.165, 1.54) is 24.3 Å². The molecule has 0 aromatic heterocycles. The van der Waals surface area contributed by atoms with Crippen LogP contribution in [0, 0.1) is 0 Å². The molecule has 8 heteroatoms. The number of aromatic carboxylic acids is 1. The van der Waals surface area contributed by atoms with Crippen LogP contribution in [0.3, 0.4) is 0 Å². The number of halogens is 3. The molecular formula is C17H14F3NO4. The maximum atomic E-state index is 13.0. The molecule has 2 aromatic carbocycles. The third-order valence-electron chi connectivity index (χ3n) is 3.51. The van der Waals surface area contributed by atoms with E-state index in [2.05, 4.69) is 5.32 Å². The third-order valence-corrected chi connectivity index (χ3v) is 3.51. The van der Waals surface area contributed by atoms with Gasteiger partial charge in [-0.15, -0.1) is 0 Å². The van der Waals surface area contributed by atoms with Gasteiger partial charge in [-0.2, -0.15) is 13.2 Å². The molecule has 0 aliphatic heterocycles. The molecule has 0 spiro atoms. The van der Waals surface area contributed by atoms with Gasteiger partial charge in [0.25, 0.3) is 5.91 Å². The van der Waals surface area contributed by atoms with Crippen molar-refractivity contribution >= 4 is 11.9 Å². The van der Waals surface area contributed by atoms with Crippen LogP contribution in [0.2, 0.25) is 0 Å². The number of carboxylic acids is 1. The van der Waals surface area contributed by atoms with Crippen molar-refractivity contribution in [3.63, 3.8) is 0 Å². The van der Waals surface area contributed by atoms with Crippen LogP contribution in [-0.4, -0.2) is 22.1 Å². The molecule has 5 nitrogen and oxygen atoms in total. The number of hydrogen-bond acceptors (Lipinski definition) is 3. The summed E-state index contributed by atoms with van der Waals surface area (Å²) < 4.78 is 38.9. The second-order valence-electron chi connectivity index (χ2n) is 5.17. The average molecular weight is 353 g/mol. The first kappa shape index (κ1) is 18.5. The van der Waals surface area contributed by atoms with Crippen LogP contribution in [0.5, 0.6) is 0 Å². The van der Waals surface area contributed by atoms with E-state index in [-0.39, 0.29) is 17.7 Å². The van der Waals surface area contributed by atoms with Gasteiger partial charge in [0.2, 0.25) is 0 Å². The Bertz CT molecular complexity index is 789. The highest BCUT2D eigenvalue weighted by atomic mass is 19.4. The molecule has 3 N–H and O–H groups in total. The van der Waals surface area contributed by atoms with Crippen molar-refractivity contribution < 1.29 is 33.0 Å². The second kappa shape index (κ2) is 7.35. The maximum absolute atomic E-state index is 13.0. The van der Waals surface area contributed by atoms with E-state index in [9.17, 15) is 27.9 Å². The van der Waals surface area contributed by atoms with Crippen molar-refractivity contribution in [2.75, 3.05) is 0 Å². The summed E-state index contributed by atoms with van der Waals surface area (Å²) in [5.74, 6) is -2.26. The standard InChI is InChI=1S/C17H14F3NO4/c18-17(19,20)13-8-4-3-7-12(13)14(22)15(23)21-9-10-5-1-2-6-11(10)16(24)25/h1-8,14,22H,9H2,(H,21,23)(H,24,25). The number of alkyl halides is 3. The molecule has 0 saturated heterocycles. The normalized spacial score (nSPS) is 12.5. The van der Waals surface area contributed by atoms with Crippen molar-refractivity contribution in [1.82, 2.24) is 5.32 Å². The van der Waals surface area contributed by atoms with E-state index < -0.39 is 35.3 Å². The Labute approximate surface area is 140 Å². The van der Waals surface area contributed by atoms with E-state index in [4.69, 9.17) is 5.11 Å². The van der Waals surface area contributed by atoms with Crippen molar-refractivity contribution in [1.29, 1.82) is 0 Å². The summed E-state index contributed by atoms with van der Waals surface area (Å²) in [6.45, 7) is -0.244. The molecule has 25 heavy (non-hydrogen) atoms. The quantitative estimate of drug-likeness (QED) is 0.771. The number of hydrogen-bond donors (Lipinski definition) is 3. The Balaban J connectivity index is 2.16. The van der Waals surface area contributed by atoms with Gasteiger partial charge in [-0.1, -0.05) is 36.4 Å². The molecule has 0 heterocycles. The van der Waals surface area contributed by atoms with E-state index >= 15 is 0 Å². The highest BCUT2D eigenvalue weighted by Gasteiger charge is 2.36. The molecule has 0 aliphatic rings. The summed E-state index contributed by atoms with van der Waals surface area (Å²) >= 11 is 0. The minimum absolute atomic E-state index is 0.0482. The minimum Gasteiger partial charge on any atom is -0.478 e. The minimum atomic E-state index is -4.71. The van der Waals surface area contributed by atoms with Crippen molar-refractivity contribution in [2.24, 2.45) is 0 Å². The number of amides is 1. The lowest BCUT2D eigenvalue weighted by Crippen LogP contribution is -2.30. The fourth-order valence-corrected chi connectivity index (χ4v) is 2.30. The van der Waals surface area contributed by atoms with Gasteiger partial charge >= 0.3 is 12.1 Å². The van der Waals surface area contributed by atoms with Gasteiger partial charge in [0.05, 0.1) is 11.1 Å². The zero-order chi connectivity index (χ0) is 18.6. The van der Waals surface area contributed by atoms with Gasteiger partial charge in [-0.25, -0.2) is 4.79 Å². The molecule has 0 saturated carbocycles. The van der Waals surface area contributed by atoms with E-state index in [1.54, 1.807) is 6.07 Å². The Morgan fingerprint density at radius 1 is 1.04 bits per heavy atom. The molecule has 0 aliphatic carbocycles. The first-order valence-corrected chi connectivity index (χ1v) is 7.15. The highest BCUT2D eigenvalue weighted by Crippen LogP contribution is 2.34. The molecule has 1 atom stereocenters. The summed E-state index contributed by atoms with van der Waals surface area (Å²) in [5.41, 5.74) is -1.46. The average Bonchev–Trinajstić information content (AvgIpc) is 2.58.